The highest BCUT2D eigenvalue weighted by atomic mass is 35.5. The highest BCUT2D eigenvalue weighted by Crippen LogP contribution is 2.06. The smallest absolute Gasteiger partial charge is 0.146 e. The van der Waals surface area contributed by atoms with Crippen LogP contribution in [0.2, 0.25) is 5.15 Å². The lowest BCUT2D eigenvalue weighted by atomic mass is 10.3. The summed E-state index contributed by atoms with van der Waals surface area (Å²) in [6, 6.07) is 1.46. The van der Waals surface area contributed by atoms with Crippen molar-refractivity contribution in [1.29, 1.82) is 0 Å². The van der Waals surface area contributed by atoms with Crippen LogP contribution < -0.4 is 5.73 Å². The first-order valence-corrected chi connectivity index (χ1v) is 3.32. The van der Waals surface area contributed by atoms with Gasteiger partial charge in [0.05, 0.1) is 6.04 Å². The minimum Gasteiger partial charge on any atom is -0.322 e. The Morgan fingerprint density at radius 3 is 2.42 bits per heavy atom. The first kappa shape index (κ1) is 14.4. The SMILES string of the molecule is CC(N)c1nccc(Cl)n1.Cl.Cl. The molecule has 0 aromatic carbocycles. The molecule has 0 saturated heterocycles. The fraction of sp³-hybridized carbons (Fsp3) is 0.333. The first-order chi connectivity index (χ1) is 4.70. The van der Waals surface area contributed by atoms with Crippen LogP contribution >= 0.6 is 36.4 Å². The molecule has 0 bridgehead atoms. The summed E-state index contributed by atoms with van der Waals surface area (Å²) in [5.74, 6) is 0.576. The molecule has 1 atom stereocenters. The van der Waals surface area contributed by atoms with Crippen LogP contribution in [0.1, 0.15) is 18.8 Å². The van der Waals surface area contributed by atoms with E-state index in [0.29, 0.717) is 11.0 Å². The fourth-order valence-electron chi connectivity index (χ4n) is 0.570. The van der Waals surface area contributed by atoms with Gasteiger partial charge in [-0.25, -0.2) is 9.97 Å². The normalized spacial score (nSPS) is 10.9. The molecule has 0 aliphatic heterocycles. The minimum atomic E-state index is -0.154. The Balaban J connectivity index is 0. The van der Waals surface area contributed by atoms with Crippen molar-refractivity contribution in [3.8, 4) is 0 Å². The van der Waals surface area contributed by atoms with Crippen LogP contribution in [0.3, 0.4) is 0 Å². The summed E-state index contributed by atoms with van der Waals surface area (Å²) in [5, 5.41) is 0.433. The summed E-state index contributed by atoms with van der Waals surface area (Å²) in [4.78, 5) is 7.82. The Kier molecular flexibility index (Phi) is 7.73. The molecule has 70 valence electrons. The number of rotatable bonds is 1. The van der Waals surface area contributed by atoms with E-state index in [9.17, 15) is 0 Å². The van der Waals surface area contributed by atoms with Gasteiger partial charge in [-0.2, -0.15) is 0 Å². The van der Waals surface area contributed by atoms with Gasteiger partial charge in [0.25, 0.3) is 0 Å². The zero-order valence-electron chi connectivity index (χ0n) is 6.40. The van der Waals surface area contributed by atoms with Gasteiger partial charge in [0.2, 0.25) is 0 Å². The van der Waals surface area contributed by atoms with Crippen LogP contribution in [0, 0.1) is 0 Å². The number of nitrogens with two attached hydrogens (primary N) is 1. The molecule has 0 spiro atoms. The van der Waals surface area contributed by atoms with Crippen molar-refractivity contribution in [2.45, 2.75) is 13.0 Å². The molecule has 1 heterocycles. The molecule has 3 nitrogen and oxygen atoms in total. The molecule has 0 saturated carbocycles. The number of aromatic nitrogens is 2. The van der Waals surface area contributed by atoms with Gasteiger partial charge >= 0.3 is 0 Å². The zero-order valence-corrected chi connectivity index (χ0v) is 8.79. The summed E-state index contributed by atoms with van der Waals surface area (Å²) in [6.07, 6.45) is 1.59. The molecule has 0 amide bonds. The van der Waals surface area contributed by atoms with Crippen molar-refractivity contribution in [2.24, 2.45) is 5.73 Å². The van der Waals surface area contributed by atoms with E-state index in [1.165, 1.54) is 0 Å². The minimum absolute atomic E-state index is 0. The molecule has 12 heavy (non-hydrogen) atoms. The Labute approximate surface area is 88.5 Å². The van der Waals surface area contributed by atoms with Crippen molar-refractivity contribution in [2.75, 3.05) is 0 Å². The summed E-state index contributed by atoms with van der Waals surface area (Å²) in [6.45, 7) is 1.81. The molecule has 1 unspecified atom stereocenters. The van der Waals surface area contributed by atoms with E-state index in [2.05, 4.69) is 9.97 Å². The van der Waals surface area contributed by atoms with Crippen LogP contribution in [-0.2, 0) is 0 Å². The third kappa shape index (κ3) is 4.07. The molecule has 6 heteroatoms. The summed E-state index contributed by atoms with van der Waals surface area (Å²) >= 11 is 5.58. The standard InChI is InChI=1S/C6H8ClN3.2ClH/c1-4(8)6-9-3-2-5(7)10-6;;/h2-4H,8H2,1H3;2*1H. The number of halogens is 3. The van der Waals surface area contributed by atoms with Crippen molar-refractivity contribution in [3.63, 3.8) is 0 Å². The maximum atomic E-state index is 5.58. The topological polar surface area (TPSA) is 51.8 Å². The molecular weight excluding hydrogens is 220 g/mol. The van der Waals surface area contributed by atoms with Crippen molar-refractivity contribution in [1.82, 2.24) is 9.97 Å². The van der Waals surface area contributed by atoms with E-state index in [0.717, 1.165) is 0 Å². The van der Waals surface area contributed by atoms with E-state index >= 15 is 0 Å². The van der Waals surface area contributed by atoms with Gasteiger partial charge in [0.15, 0.2) is 0 Å². The lowest BCUT2D eigenvalue weighted by molar-refractivity contribution is 0.739. The third-order valence-electron chi connectivity index (χ3n) is 1.05. The third-order valence-corrected chi connectivity index (χ3v) is 1.26. The van der Waals surface area contributed by atoms with Crippen molar-refractivity contribution < 1.29 is 0 Å². The molecule has 1 aromatic heterocycles. The predicted octanol–water partition coefficient (Wildman–Crippen LogP) is 1.99. The first-order valence-electron chi connectivity index (χ1n) is 2.94. The zero-order chi connectivity index (χ0) is 7.56. The summed E-state index contributed by atoms with van der Waals surface area (Å²) in [5.41, 5.74) is 5.50. The Morgan fingerprint density at radius 2 is 2.08 bits per heavy atom. The molecule has 0 aliphatic rings. The van der Waals surface area contributed by atoms with Crippen LogP contribution in [-0.4, -0.2) is 9.97 Å². The molecule has 1 rings (SSSR count). The highest BCUT2D eigenvalue weighted by molar-refractivity contribution is 6.29. The van der Waals surface area contributed by atoms with E-state index in [4.69, 9.17) is 17.3 Å². The number of nitrogens with zero attached hydrogens (tertiary/aromatic N) is 2. The molecule has 0 aliphatic carbocycles. The summed E-state index contributed by atoms with van der Waals surface area (Å²) < 4.78 is 0. The average Bonchev–Trinajstić information content (AvgIpc) is 1.88. The van der Waals surface area contributed by atoms with Crippen LogP contribution in [0.5, 0.6) is 0 Å². The van der Waals surface area contributed by atoms with Crippen LogP contribution in [0.15, 0.2) is 12.3 Å². The quantitative estimate of drug-likeness (QED) is 0.751. The van der Waals surface area contributed by atoms with Crippen molar-refractivity contribution in [3.05, 3.63) is 23.2 Å². The monoisotopic (exact) mass is 229 g/mol. The van der Waals surface area contributed by atoms with E-state index in [-0.39, 0.29) is 30.9 Å². The van der Waals surface area contributed by atoms with Gasteiger partial charge in [-0.3, -0.25) is 0 Å². The van der Waals surface area contributed by atoms with Crippen LogP contribution in [0.25, 0.3) is 0 Å². The van der Waals surface area contributed by atoms with E-state index < -0.39 is 0 Å². The van der Waals surface area contributed by atoms with Gasteiger partial charge in [0.1, 0.15) is 11.0 Å². The largest absolute Gasteiger partial charge is 0.322 e. The lowest BCUT2D eigenvalue weighted by Crippen LogP contribution is -2.09. The van der Waals surface area contributed by atoms with Gasteiger partial charge in [-0.15, -0.1) is 24.8 Å². The van der Waals surface area contributed by atoms with Crippen LogP contribution in [0.4, 0.5) is 0 Å². The number of hydrogen-bond donors (Lipinski definition) is 1. The van der Waals surface area contributed by atoms with Gasteiger partial charge in [-0.1, -0.05) is 11.6 Å². The Hall–Kier alpha value is -0.0900. The molecule has 2 N–H and O–H groups in total. The fourth-order valence-corrected chi connectivity index (χ4v) is 0.713. The average molecular weight is 231 g/mol. The van der Waals surface area contributed by atoms with Gasteiger partial charge in [0, 0.05) is 6.20 Å². The maximum absolute atomic E-state index is 5.58. The van der Waals surface area contributed by atoms with E-state index in [1.54, 1.807) is 12.3 Å². The van der Waals surface area contributed by atoms with E-state index in [1.807, 2.05) is 6.92 Å². The van der Waals surface area contributed by atoms with Crippen molar-refractivity contribution >= 4 is 36.4 Å². The highest BCUT2D eigenvalue weighted by Gasteiger charge is 2.01. The lowest BCUT2D eigenvalue weighted by Gasteiger charge is -2.01. The number of hydrogen-bond acceptors (Lipinski definition) is 3. The Morgan fingerprint density at radius 1 is 1.50 bits per heavy atom. The maximum Gasteiger partial charge on any atom is 0.146 e. The Bertz CT molecular complexity index is 229. The molecule has 0 radical (unpaired) electrons. The van der Waals surface area contributed by atoms with Gasteiger partial charge < -0.3 is 5.73 Å². The second kappa shape index (κ2) is 6.43. The second-order valence-electron chi connectivity index (χ2n) is 2.03. The molecule has 1 aromatic rings. The second-order valence-corrected chi connectivity index (χ2v) is 2.41. The van der Waals surface area contributed by atoms with Gasteiger partial charge in [-0.05, 0) is 13.0 Å². The molecule has 0 fully saturated rings. The summed E-state index contributed by atoms with van der Waals surface area (Å²) in [7, 11) is 0. The predicted molar refractivity (Wildman–Crippen MR) is 54.1 cm³/mol. The molecular formula is C6H10Cl3N3.